The molecule has 1 fully saturated rings. The Morgan fingerprint density at radius 2 is 1.82 bits per heavy atom. The molecule has 1 N–H and O–H groups in total. The minimum atomic E-state index is -1.26. The van der Waals surface area contributed by atoms with Crippen LogP contribution in [0.15, 0.2) is 28.4 Å². The first-order chi connectivity index (χ1) is 10.2. The molecule has 1 aliphatic heterocycles. The smallest absolute Gasteiger partial charge is 0.350 e. The van der Waals surface area contributed by atoms with Crippen molar-refractivity contribution in [2.45, 2.75) is 26.6 Å². The third-order valence-electron chi connectivity index (χ3n) is 2.90. The SMILES string of the molecule is COc1cc(C)cc(Br)c1NC=C1C(=O)OC(C)(C)OC1=O. The van der Waals surface area contributed by atoms with Crippen LogP contribution in [-0.4, -0.2) is 24.8 Å². The van der Waals surface area contributed by atoms with Crippen molar-refractivity contribution in [3.63, 3.8) is 0 Å². The van der Waals surface area contributed by atoms with E-state index in [1.165, 1.54) is 27.2 Å². The van der Waals surface area contributed by atoms with Gasteiger partial charge >= 0.3 is 11.9 Å². The molecule has 118 valence electrons. The van der Waals surface area contributed by atoms with E-state index >= 15 is 0 Å². The molecule has 1 aromatic carbocycles. The molecule has 1 saturated heterocycles. The number of hydrogen-bond donors (Lipinski definition) is 1. The lowest BCUT2D eigenvalue weighted by atomic mass is 10.2. The number of carbonyl (C=O) groups is 2. The molecule has 1 aromatic rings. The number of benzene rings is 1. The molecule has 0 radical (unpaired) electrons. The second-order valence-electron chi connectivity index (χ2n) is 5.21. The Morgan fingerprint density at radius 3 is 2.36 bits per heavy atom. The van der Waals surface area contributed by atoms with E-state index in [0.29, 0.717) is 11.4 Å². The average Bonchev–Trinajstić information content (AvgIpc) is 2.37. The summed E-state index contributed by atoms with van der Waals surface area (Å²) in [5, 5.41) is 2.88. The molecule has 0 aromatic heterocycles. The summed E-state index contributed by atoms with van der Waals surface area (Å²) in [6.45, 7) is 4.91. The van der Waals surface area contributed by atoms with Gasteiger partial charge in [0.05, 0.1) is 12.8 Å². The Hall–Kier alpha value is -2.02. The standard InChI is InChI=1S/C15H16BrNO5/c1-8-5-10(16)12(11(6-8)20-4)17-7-9-13(18)21-15(2,3)22-14(9)19/h5-7,17H,1-4H3. The van der Waals surface area contributed by atoms with Gasteiger partial charge in [0.15, 0.2) is 5.57 Å². The summed E-state index contributed by atoms with van der Waals surface area (Å²) in [5.41, 5.74) is 1.38. The van der Waals surface area contributed by atoms with Gasteiger partial charge in [-0.2, -0.15) is 0 Å². The molecule has 0 aliphatic carbocycles. The quantitative estimate of drug-likeness (QED) is 0.501. The number of halogens is 1. The lowest BCUT2D eigenvalue weighted by Gasteiger charge is -2.29. The number of nitrogens with one attached hydrogen (secondary N) is 1. The fourth-order valence-corrected chi connectivity index (χ4v) is 2.61. The Kier molecular flexibility index (Phi) is 4.46. The van der Waals surface area contributed by atoms with Crippen LogP contribution in [0.2, 0.25) is 0 Å². The maximum atomic E-state index is 11.9. The molecular weight excluding hydrogens is 354 g/mol. The predicted molar refractivity (Wildman–Crippen MR) is 83.4 cm³/mol. The van der Waals surface area contributed by atoms with Gasteiger partial charge in [0, 0.05) is 24.5 Å². The highest BCUT2D eigenvalue weighted by Crippen LogP contribution is 2.34. The van der Waals surface area contributed by atoms with E-state index < -0.39 is 17.7 Å². The summed E-state index contributed by atoms with van der Waals surface area (Å²) in [4.78, 5) is 23.7. The number of carbonyl (C=O) groups excluding carboxylic acids is 2. The number of aryl methyl sites for hydroxylation is 1. The van der Waals surface area contributed by atoms with Gasteiger partial charge in [0.2, 0.25) is 0 Å². The van der Waals surface area contributed by atoms with E-state index in [2.05, 4.69) is 21.2 Å². The molecule has 2 rings (SSSR count). The number of ether oxygens (including phenoxy) is 3. The molecule has 0 saturated carbocycles. The topological polar surface area (TPSA) is 73.9 Å². The van der Waals surface area contributed by atoms with Gasteiger partial charge in [0.1, 0.15) is 5.75 Å². The highest BCUT2D eigenvalue weighted by Gasteiger charge is 2.39. The van der Waals surface area contributed by atoms with Crippen molar-refractivity contribution in [3.05, 3.63) is 33.9 Å². The number of hydrogen-bond acceptors (Lipinski definition) is 6. The highest BCUT2D eigenvalue weighted by atomic mass is 79.9. The van der Waals surface area contributed by atoms with Crippen molar-refractivity contribution in [2.75, 3.05) is 12.4 Å². The normalized spacial score (nSPS) is 16.7. The first-order valence-corrected chi connectivity index (χ1v) is 7.30. The number of cyclic esters (lactones) is 2. The van der Waals surface area contributed by atoms with E-state index in [9.17, 15) is 9.59 Å². The van der Waals surface area contributed by atoms with Gasteiger partial charge < -0.3 is 19.5 Å². The van der Waals surface area contributed by atoms with Crippen LogP contribution in [0.1, 0.15) is 19.4 Å². The summed E-state index contributed by atoms with van der Waals surface area (Å²) < 4.78 is 16.1. The van der Waals surface area contributed by atoms with Crippen molar-refractivity contribution in [2.24, 2.45) is 0 Å². The maximum Gasteiger partial charge on any atom is 0.350 e. The fourth-order valence-electron chi connectivity index (χ4n) is 1.93. The van der Waals surface area contributed by atoms with Crippen LogP contribution in [0.5, 0.6) is 5.75 Å². The zero-order valence-electron chi connectivity index (χ0n) is 12.7. The van der Waals surface area contributed by atoms with Crippen LogP contribution in [0, 0.1) is 6.92 Å². The molecule has 0 unspecified atom stereocenters. The average molecular weight is 370 g/mol. The second kappa shape index (κ2) is 6.00. The van der Waals surface area contributed by atoms with Gasteiger partial charge in [-0.1, -0.05) is 0 Å². The zero-order valence-corrected chi connectivity index (χ0v) is 14.2. The minimum absolute atomic E-state index is 0.214. The van der Waals surface area contributed by atoms with Gasteiger partial charge in [-0.15, -0.1) is 0 Å². The molecule has 6 nitrogen and oxygen atoms in total. The molecule has 1 heterocycles. The monoisotopic (exact) mass is 369 g/mol. The summed E-state index contributed by atoms with van der Waals surface area (Å²) in [5.74, 6) is -2.17. The van der Waals surface area contributed by atoms with Crippen LogP contribution < -0.4 is 10.1 Å². The summed E-state index contributed by atoms with van der Waals surface area (Å²) in [6.07, 6.45) is 1.25. The second-order valence-corrected chi connectivity index (χ2v) is 6.06. The van der Waals surface area contributed by atoms with Crippen LogP contribution in [-0.2, 0) is 19.1 Å². The summed E-state index contributed by atoms with van der Waals surface area (Å²) in [7, 11) is 1.53. The predicted octanol–water partition coefficient (Wildman–Crippen LogP) is 2.90. The van der Waals surface area contributed by atoms with Gasteiger partial charge in [0.25, 0.3) is 5.79 Å². The van der Waals surface area contributed by atoms with E-state index in [0.717, 1.165) is 10.0 Å². The van der Waals surface area contributed by atoms with Crippen LogP contribution in [0.25, 0.3) is 0 Å². The lowest BCUT2D eigenvalue weighted by Crippen LogP contribution is -2.42. The fraction of sp³-hybridized carbons (Fsp3) is 0.333. The largest absolute Gasteiger partial charge is 0.495 e. The van der Waals surface area contributed by atoms with Crippen molar-refractivity contribution in [1.82, 2.24) is 0 Å². The first kappa shape index (κ1) is 16.4. The van der Waals surface area contributed by atoms with E-state index in [-0.39, 0.29) is 5.57 Å². The zero-order chi connectivity index (χ0) is 16.5. The van der Waals surface area contributed by atoms with Crippen LogP contribution in [0.4, 0.5) is 5.69 Å². The maximum absolute atomic E-state index is 11.9. The molecular formula is C15H16BrNO5. The number of methoxy groups -OCH3 is 1. The minimum Gasteiger partial charge on any atom is -0.495 e. The summed E-state index contributed by atoms with van der Waals surface area (Å²) in [6, 6.07) is 3.70. The van der Waals surface area contributed by atoms with Crippen LogP contribution >= 0.6 is 15.9 Å². The number of esters is 2. The molecule has 0 atom stereocenters. The van der Waals surface area contributed by atoms with E-state index in [4.69, 9.17) is 14.2 Å². The number of anilines is 1. The Balaban J connectivity index is 2.29. The van der Waals surface area contributed by atoms with E-state index in [1.54, 1.807) is 0 Å². The van der Waals surface area contributed by atoms with Crippen molar-refractivity contribution < 1.29 is 23.8 Å². The molecule has 0 spiro atoms. The van der Waals surface area contributed by atoms with E-state index in [1.807, 2.05) is 19.1 Å². The molecule has 1 aliphatic rings. The molecule has 7 heteroatoms. The van der Waals surface area contributed by atoms with Crippen LogP contribution in [0.3, 0.4) is 0 Å². The lowest BCUT2D eigenvalue weighted by molar-refractivity contribution is -0.222. The van der Waals surface area contributed by atoms with Crippen molar-refractivity contribution in [3.8, 4) is 5.75 Å². The van der Waals surface area contributed by atoms with Gasteiger partial charge in [-0.05, 0) is 40.5 Å². The van der Waals surface area contributed by atoms with Crippen molar-refractivity contribution >= 4 is 33.6 Å². The number of rotatable bonds is 3. The third-order valence-corrected chi connectivity index (χ3v) is 3.52. The van der Waals surface area contributed by atoms with Gasteiger partial charge in [-0.25, -0.2) is 9.59 Å². The summed E-state index contributed by atoms with van der Waals surface area (Å²) >= 11 is 3.41. The Labute approximate surface area is 136 Å². The molecule has 22 heavy (non-hydrogen) atoms. The molecule has 0 amide bonds. The van der Waals surface area contributed by atoms with Gasteiger partial charge in [-0.3, -0.25) is 0 Å². The first-order valence-electron chi connectivity index (χ1n) is 6.51. The Bertz CT molecular complexity index is 644. The highest BCUT2D eigenvalue weighted by molar-refractivity contribution is 9.10. The van der Waals surface area contributed by atoms with Crippen molar-refractivity contribution in [1.29, 1.82) is 0 Å². The molecule has 0 bridgehead atoms. The Morgan fingerprint density at radius 1 is 1.23 bits per heavy atom. The third kappa shape index (κ3) is 3.41.